The van der Waals surface area contributed by atoms with Crippen molar-refractivity contribution in [3.8, 4) is 0 Å². The lowest BCUT2D eigenvalue weighted by Gasteiger charge is -2.31. The van der Waals surface area contributed by atoms with Gasteiger partial charge in [0, 0.05) is 25.7 Å². The first kappa shape index (κ1) is 50.8. The molecule has 1 aliphatic rings. The van der Waals surface area contributed by atoms with Gasteiger partial charge in [0.05, 0.1) is 12.7 Å². The van der Waals surface area contributed by atoms with Gasteiger partial charge in [-0.3, -0.25) is 43.3 Å². The van der Waals surface area contributed by atoms with Crippen LogP contribution in [-0.4, -0.2) is 113 Å². The number of hydrogen-bond acceptors (Lipinski definition) is 15. The lowest BCUT2D eigenvalue weighted by molar-refractivity contribution is -0.141. The van der Waals surface area contributed by atoms with Gasteiger partial charge in [-0.1, -0.05) is 77.6 Å². The first-order chi connectivity index (χ1) is 29.2. The number of anilines is 1. The molecule has 0 unspecified atom stereocenters. The minimum Gasteiger partial charge on any atom is -0.344 e. The van der Waals surface area contributed by atoms with Crippen molar-refractivity contribution in [3.63, 3.8) is 0 Å². The summed E-state index contributed by atoms with van der Waals surface area (Å²) in [6, 6.07) is -5.92. The van der Waals surface area contributed by atoms with E-state index in [-0.39, 0.29) is 35.5 Å². The van der Waals surface area contributed by atoms with Crippen LogP contribution in [-0.2, 0) is 43.6 Å². The molecule has 0 saturated heterocycles. The van der Waals surface area contributed by atoms with Crippen molar-refractivity contribution in [1.82, 2.24) is 51.5 Å². The standard InChI is InChI=1S/C37H53F2N11O10S2/c1-6-20(4)29(47-32(55)24(14-19(2)3)45-33(56)26-17-40-12-13-41-26)34(57)46-25(15-22-10-8-7-9-11-22)31(54)44-23(16-27(38)39)30(53)35(58)42-18-28(52)50-62(59,60)37-49-48-36(61-37)43-21(5)51/h12-13,17,19-20,22-25,27,29H,6-11,14-16,18H2,1-5H3,(H,42,58)(H,44,54)(H,45,56)(H,46,57)(H,47,55)(H,50,52)(H,43,48,51)/t20-,23-,24-,25-,29-/m0/s1. The maximum atomic E-state index is 14.0. The Kier molecular flexibility index (Phi) is 19.8. The molecular formula is C37H53F2N11O10S2. The monoisotopic (exact) mass is 913 g/mol. The fourth-order valence-corrected chi connectivity index (χ4v) is 8.33. The highest BCUT2D eigenvalue weighted by molar-refractivity contribution is 7.92. The molecule has 0 aliphatic heterocycles. The van der Waals surface area contributed by atoms with Gasteiger partial charge >= 0.3 is 0 Å². The third-order valence-electron chi connectivity index (χ3n) is 9.69. The number of aromatic nitrogens is 4. The summed E-state index contributed by atoms with van der Waals surface area (Å²) in [4.78, 5) is 112. The number of hydrogen-bond donors (Lipinski definition) is 7. The Morgan fingerprint density at radius 2 is 1.50 bits per heavy atom. The summed E-state index contributed by atoms with van der Waals surface area (Å²) in [5.74, 6) is -9.06. The van der Waals surface area contributed by atoms with Gasteiger partial charge in [0.1, 0.15) is 29.9 Å². The molecule has 7 N–H and O–H groups in total. The van der Waals surface area contributed by atoms with Crippen LogP contribution >= 0.6 is 11.3 Å². The first-order valence-corrected chi connectivity index (χ1v) is 22.2. The summed E-state index contributed by atoms with van der Waals surface area (Å²) < 4.78 is 53.6. The maximum Gasteiger partial charge on any atom is 0.293 e. The number of nitrogens with one attached hydrogen (secondary N) is 7. The second-order valence-electron chi connectivity index (χ2n) is 15.2. The van der Waals surface area contributed by atoms with Crippen LogP contribution in [0.3, 0.4) is 0 Å². The van der Waals surface area contributed by atoms with Crippen molar-refractivity contribution in [3.05, 3.63) is 24.3 Å². The van der Waals surface area contributed by atoms with Gasteiger partial charge in [-0.25, -0.2) is 18.5 Å². The average Bonchev–Trinajstić information content (AvgIpc) is 3.69. The number of nitrogens with zero attached hydrogens (tertiary/aromatic N) is 4. The van der Waals surface area contributed by atoms with Crippen LogP contribution in [0.4, 0.5) is 13.9 Å². The molecule has 7 amide bonds. The van der Waals surface area contributed by atoms with Gasteiger partial charge < -0.3 is 31.9 Å². The number of halogens is 2. The molecule has 2 heterocycles. The van der Waals surface area contributed by atoms with Crippen molar-refractivity contribution in [2.75, 3.05) is 11.9 Å². The van der Waals surface area contributed by atoms with Gasteiger partial charge in [0.25, 0.3) is 32.1 Å². The first-order valence-electron chi connectivity index (χ1n) is 19.9. The van der Waals surface area contributed by atoms with Crippen molar-refractivity contribution >= 4 is 73.6 Å². The molecule has 1 saturated carbocycles. The number of carbonyl (C=O) groups excluding carboxylic acids is 8. The van der Waals surface area contributed by atoms with E-state index in [9.17, 15) is 55.6 Å². The Labute approximate surface area is 361 Å². The Hall–Kier alpha value is -5.59. The zero-order chi connectivity index (χ0) is 46.1. The Morgan fingerprint density at radius 1 is 0.839 bits per heavy atom. The number of sulfonamides is 1. The van der Waals surface area contributed by atoms with Crippen LogP contribution < -0.4 is 36.6 Å². The normalized spacial score (nSPS) is 15.6. The number of Topliss-reactive ketones (excluding diaryl/α,β-unsaturated/α-hetero) is 1. The maximum absolute atomic E-state index is 14.0. The molecule has 5 atom stereocenters. The smallest absolute Gasteiger partial charge is 0.293 e. The van der Waals surface area contributed by atoms with Crippen molar-refractivity contribution in [1.29, 1.82) is 0 Å². The largest absolute Gasteiger partial charge is 0.344 e. The lowest BCUT2D eigenvalue weighted by Crippen LogP contribution is -2.60. The molecule has 3 rings (SSSR count). The van der Waals surface area contributed by atoms with Crippen LogP contribution in [0.2, 0.25) is 0 Å². The Bertz CT molecular complexity index is 2020. The molecule has 21 nitrogen and oxygen atoms in total. The van der Waals surface area contributed by atoms with E-state index in [1.165, 1.54) is 18.6 Å². The molecular weight excluding hydrogens is 861 g/mol. The molecule has 1 aliphatic carbocycles. The molecule has 62 heavy (non-hydrogen) atoms. The number of carbonyl (C=O) groups is 8. The fourth-order valence-electron chi connectivity index (χ4n) is 6.39. The van der Waals surface area contributed by atoms with E-state index in [1.807, 2.05) is 19.2 Å². The summed E-state index contributed by atoms with van der Waals surface area (Å²) in [5.41, 5.74) is -0.0375. The summed E-state index contributed by atoms with van der Waals surface area (Å²) >= 11 is 0.410. The molecule has 0 bridgehead atoms. The van der Waals surface area contributed by atoms with Crippen LogP contribution in [0.5, 0.6) is 0 Å². The molecule has 342 valence electrons. The summed E-state index contributed by atoms with van der Waals surface area (Å²) in [6.07, 6.45) is 3.92. The van der Waals surface area contributed by atoms with E-state index >= 15 is 0 Å². The van der Waals surface area contributed by atoms with Gasteiger partial charge in [-0.15, -0.1) is 10.2 Å². The van der Waals surface area contributed by atoms with Gasteiger partial charge in [-0.2, -0.15) is 8.42 Å². The van der Waals surface area contributed by atoms with E-state index in [2.05, 4.69) is 46.7 Å². The second-order valence-corrected chi connectivity index (χ2v) is 18.1. The van der Waals surface area contributed by atoms with Crippen LogP contribution in [0.25, 0.3) is 0 Å². The second kappa shape index (κ2) is 24.2. The lowest BCUT2D eigenvalue weighted by atomic mass is 9.84. The van der Waals surface area contributed by atoms with Gasteiger partial charge in [0.2, 0.25) is 41.0 Å². The quantitative estimate of drug-likeness (QED) is 0.0598. The molecule has 25 heteroatoms. The fraction of sp³-hybridized carbons (Fsp3) is 0.622. The minimum absolute atomic E-state index is 0.0280. The van der Waals surface area contributed by atoms with E-state index in [1.54, 1.807) is 18.6 Å². The highest BCUT2D eigenvalue weighted by atomic mass is 32.2. The molecule has 2 aromatic rings. The van der Waals surface area contributed by atoms with E-state index in [4.69, 9.17) is 0 Å². The third-order valence-corrected chi connectivity index (χ3v) is 12.3. The molecule has 0 radical (unpaired) electrons. The van der Waals surface area contributed by atoms with Crippen molar-refractivity contribution < 1.29 is 55.6 Å². The number of rotatable bonds is 23. The van der Waals surface area contributed by atoms with Crippen LogP contribution in [0.15, 0.2) is 22.9 Å². The third kappa shape index (κ3) is 16.4. The summed E-state index contributed by atoms with van der Waals surface area (Å²) in [7, 11) is -4.64. The highest BCUT2D eigenvalue weighted by Gasteiger charge is 2.37. The van der Waals surface area contributed by atoms with Crippen LogP contribution in [0.1, 0.15) is 103 Å². The molecule has 2 aromatic heterocycles. The van der Waals surface area contributed by atoms with E-state index in [0.717, 1.165) is 26.2 Å². The van der Waals surface area contributed by atoms with Crippen LogP contribution in [0, 0.1) is 17.8 Å². The number of alkyl halides is 2. The Balaban J connectivity index is 1.77. The number of amides is 7. The molecule has 1 fully saturated rings. The van der Waals surface area contributed by atoms with E-state index in [0.29, 0.717) is 30.6 Å². The summed E-state index contributed by atoms with van der Waals surface area (Å²) in [6.45, 7) is 7.13. The molecule has 0 spiro atoms. The zero-order valence-corrected chi connectivity index (χ0v) is 36.5. The predicted octanol–water partition coefficient (Wildman–Crippen LogP) is 0.748. The topological polar surface area (TPSA) is 306 Å². The predicted molar refractivity (Wildman–Crippen MR) is 217 cm³/mol. The highest BCUT2D eigenvalue weighted by Crippen LogP contribution is 2.28. The summed E-state index contributed by atoms with van der Waals surface area (Å²) in [5, 5.41) is 20.8. The average molecular weight is 914 g/mol. The van der Waals surface area contributed by atoms with Crippen molar-refractivity contribution in [2.45, 2.75) is 127 Å². The van der Waals surface area contributed by atoms with Gasteiger partial charge in [0.15, 0.2) is 0 Å². The van der Waals surface area contributed by atoms with Gasteiger partial charge in [-0.05, 0) is 30.6 Å². The minimum atomic E-state index is -4.64. The SMILES string of the molecule is CC[C@H](C)[C@H](NC(=O)[C@H](CC(C)C)NC(=O)c1cnccn1)C(=O)N[C@@H](CC1CCCCC1)C(=O)N[C@@H](CC(F)F)C(=O)C(=O)NCC(=O)NS(=O)(=O)c1nnc(NC(C)=O)s1. The zero-order valence-electron chi connectivity index (χ0n) is 34.9. The van der Waals surface area contributed by atoms with Crippen molar-refractivity contribution in [2.24, 2.45) is 17.8 Å². The number of ketones is 1. The Morgan fingerprint density at radius 3 is 2.10 bits per heavy atom. The molecule has 0 aromatic carbocycles. The van der Waals surface area contributed by atoms with E-state index < -0.39 is 111 Å².